The van der Waals surface area contributed by atoms with E-state index in [0.29, 0.717) is 0 Å². The molecule has 0 unspecified atom stereocenters. The number of rotatable bonds is 1. The molecule has 0 radical (unpaired) electrons. The summed E-state index contributed by atoms with van der Waals surface area (Å²) in [4.78, 5) is 1.28. The summed E-state index contributed by atoms with van der Waals surface area (Å²) in [5.41, 5.74) is 9.66. The quantitative estimate of drug-likeness (QED) is 0.691. The van der Waals surface area contributed by atoms with E-state index < -0.39 is 0 Å². The van der Waals surface area contributed by atoms with Gasteiger partial charge in [0.1, 0.15) is 0 Å². The van der Waals surface area contributed by atoms with Crippen LogP contribution in [0.5, 0.6) is 0 Å². The molecule has 2 N–H and O–H groups in total. The normalized spacial score (nSPS) is 11.2. The van der Waals surface area contributed by atoms with Gasteiger partial charge in [-0.1, -0.05) is 18.2 Å². The van der Waals surface area contributed by atoms with Crippen molar-refractivity contribution in [1.29, 1.82) is 0 Å². The molecule has 0 bridgehead atoms. The van der Waals surface area contributed by atoms with Gasteiger partial charge < -0.3 is 10.3 Å². The monoisotopic (exact) mass is 242 g/mol. The number of thiophene rings is 1. The van der Waals surface area contributed by atoms with Crippen LogP contribution in [0.25, 0.3) is 22.0 Å². The summed E-state index contributed by atoms with van der Waals surface area (Å²) in [5.74, 6) is 0. The van der Waals surface area contributed by atoms with Crippen LogP contribution in [-0.4, -0.2) is 4.57 Å². The number of aryl methyl sites for hydroxylation is 2. The van der Waals surface area contributed by atoms with Gasteiger partial charge in [-0.15, -0.1) is 11.3 Å². The van der Waals surface area contributed by atoms with Crippen LogP contribution in [0.4, 0.5) is 5.00 Å². The fourth-order valence-electron chi connectivity index (χ4n) is 2.33. The maximum Gasteiger partial charge on any atom is 0.0865 e. The molecule has 1 aromatic carbocycles. The van der Waals surface area contributed by atoms with E-state index in [0.717, 1.165) is 5.00 Å². The van der Waals surface area contributed by atoms with Crippen molar-refractivity contribution in [3.05, 3.63) is 41.4 Å². The number of para-hydroxylation sites is 1. The Morgan fingerprint density at radius 2 is 1.94 bits per heavy atom. The zero-order valence-electron chi connectivity index (χ0n) is 9.90. The molecule has 3 aromatic rings. The van der Waals surface area contributed by atoms with Gasteiger partial charge in [0, 0.05) is 34.6 Å². The molecule has 86 valence electrons. The van der Waals surface area contributed by atoms with E-state index in [-0.39, 0.29) is 0 Å². The SMILES string of the molecule is Cc1sc(N)cc1-c1cn(C)c2ccccc12. The van der Waals surface area contributed by atoms with Gasteiger partial charge in [-0.05, 0) is 24.6 Å². The third kappa shape index (κ3) is 1.54. The van der Waals surface area contributed by atoms with E-state index in [1.807, 2.05) is 0 Å². The highest BCUT2D eigenvalue weighted by atomic mass is 32.1. The average molecular weight is 242 g/mol. The molecule has 2 aromatic heterocycles. The number of hydrogen-bond donors (Lipinski definition) is 1. The zero-order valence-corrected chi connectivity index (χ0v) is 10.7. The predicted octanol–water partition coefficient (Wildman–Crippen LogP) is 3.80. The number of nitrogen functional groups attached to an aromatic ring is 1. The Balaban J connectivity index is 2.34. The molecule has 0 saturated heterocycles. The smallest absolute Gasteiger partial charge is 0.0865 e. The Morgan fingerprint density at radius 1 is 1.18 bits per heavy atom. The highest BCUT2D eigenvalue weighted by Crippen LogP contribution is 2.37. The van der Waals surface area contributed by atoms with Crippen molar-refractivity contribution in [3.8, 4) is 11.1 Å². The summed E-state index contributed by atoms with van der Waals surface area (Å²) < 4.78 is 2.16. The molecule has 0 fully saturated rings. The third-order valence-electron chi connectivity index (χ3n) is 3.12. The number of fused-ring (bicyclic) bond motifs is 1. The molecule has 3 rings (SSSR count). The first-order valence-electron chi connectivity index (χ1n) is 5.57. The zero-order chi connectivity index (χ0) is 12.0. The summed E-state index contributed by atoms with van der Waals surface area (Å²) in [5, 5.41) is 2.17. The molecule has 0 amide bonds. The lowest BCUT2D eigenvalue weighted by Crippen LogP contribution is -1.81. The Morgan fingerprint density at radius 3 is 2.65 bits per heavy atom. The molecule has 0 saturated carbocycles. The van der Waals surface area contributed by atoms with Crippen LogP contribution >= 0.6 is 11.3 Å². The highest BCUT2D eigenvalue weighted by Gasteiger charge is 2.12. The summed E-state index contributed by atoms with van der Waals surface area (Å²) >= 11 is 1.65. The largest absolute Gasteiger partial charge is 0.391 e. The second-order valence-electron chi connectivity index (χ2n) is 4.29. The third-order valence-corrected chi connectivity index (χ3v) is 4.00. The topological polar surface area (TPSA) is 30.9 Å². The van der Waals surface area contributed by atoms with E-state index in [1.54, 1.807) is 11.3 Å². The van der Waals surface area contributed by atoms with E-state index in [4.69, 9.17) is 5.73 Å². The van der Waals surface area contributed by atoms with Crippen molar-refractivity contribution < 1.29 is 0 Å². The van der Waals surface area contributed by atoms with Crippen LogP contribution in [0.1, 0.15) is 4.88 Å². The standard InChI is InChI=1S/C14H14N2S/c1-9-11(7-14(15)17-9)12-8-16(2)13-6-4-3-5-10(12)13/h3-8H,15H2,1-2H3. The molecule has 0 aliphatic heterocycles. The first-order valence-corrected chi connectivity index (χ1v) is 6.39. The summed E-state index contributed by atoms with van der Waals surface area (Å²) in [6.45, 7) is 2.12. The van der Waals surface area contributed by atoms with Crippen molar-refractivity contribution in [1.82, 2.24) is 4.57 Å². The van der Waals surface area contributed by atoms with Gasteiger partial charge in [-0.25, -0.2) is 0 Å². The number of benzene rings is 1. The van der Waals surface area contributed by atoms with Gasteiger partial charge in [-0.2, -0.15) is 0 Å². The van der Waals surface area contributed by atoms with E-state index in [1.165, 1.54) is 26.9 Å². The number of nitrogens with zero attached hydrogens (tertiary/aromatic N) is 1. The lowest BCUT2D eigenvalue weighted by Gasteiger charge is -1.97. The van der Waals surface area contributed by atoms with Crippen LogP contribution in [0, 0.1) is 6.92 Å². The molecule has 2 heterocycles. The molecular formula is C14H14N2S. The minimum atomic E-state index is 0.880. The van der Waals surface area contributed by atoms with Crippen molar-refractivity contribution >= 4 is 27.2 Å². The number of hydrogen-bond acceptors (Lipinski definition) is 2. The molecule has 0 spiro atoms. The summed E-state index contributed by atoms with van der Waals surface area (Å²) in [6, 6.07) is 10.5. The summed E-state index contributed by atoms with van der Waals surface area (Å²) in [6.07, 6.45) is 2.18. The number of anilines is 1. The second kappa shape index (κ2) is 3.64. The van der Waals surface area contributed by atoms with Gasteiger partial charge in [0.05, 0.1) is 5.00 Å². The Hall–Kier alpha value is -1.74. The van der Waals surface area contributed by atoms with Crippen molar-refractivity contribution in [3.63, 3.8) is 0 Å². The molecule has 2 nitrogen and oxygen atoms in total. The van der Waals surface area contributed by atoms with Gasteiger partial charge in [0.25, 0.3) is 0 Å². The lowest BCUT2D eigenvalue weighted by atomic mass is 10.1. The van der Waals surface area contributed by atoms with Crippen LogP contribution in [0.3, 0.4) is 0 Å². The minimum absolute atomic E-state index is 0.880. The molecule has 0 atom stereocenters. The predicted molar refractivity (Wildman–Crippen MR) is 75.4 cm³/mol. The molecular weight excluding hydrogens is 228 g/mol. The minimum Gasteiger partial charge on any atom is -0.391 e. The molecule has 0 aliphatic carbocycles. The average Bonchev–Trinajstić information content (AvgIpc) is 2.80. The first-order chi connectivity index (χ1) is 8.16. The second-order valence-corrected chi connectivity index (χ2v) is 5.58. The van der Waals surface area contributed by atoms with E-state index in [9.17, 15) is 0 Å². The van der Waals surface area contributed by atoms with Crippen LogP contribution in [0.2, 0.25) is 0 Å². The maximum absolute atomic E-state index is 5.88. The number of aromatic nitrogens is 1. The Bertz CT molecular complexity index is 691. The van der Waals surface area contributed by atoms with Gasteiger partial charge >= 0.3 is 0 Å². The Kier molecular flexibility index (Phi) is 2.23. The van der Waals surface area contributed by atoms with Crippen LogP contribution in [-0.2, 0) is 7.05 Å². The van der Waals surface area contributed by atoms with Gasteiger partial charge in [-0.3, -0.25) is 0 Å². The Labute approximate surface area is 104 Å². The molecule has 0 aliphatic rings. The van der Waals surface area contributed by atoms with Gasteiger partial charge in [0.2, 0.25) is 0 Å². The fourth-order valence-corrected chi connectivity index (χ4v) is 3.14. The first kappa shape index (κ1) is 10.4. The van der Waals surface area contributed by atoms with Gasteiger partial charge in [0.15, 0.2) is 0 Å². The van der Waals surface area contributed by atoms with E-state index in [2.05, 4.69) is 55.1 Å². The summed E-state index contributed by atoms with van der Waals surface area (Å²) in [7, 11) is 2.08. The number of nitrogens with two attached hydrogens (primary N) is 1. The van der Waals surface area contributed by atoms with Crippen molar-refractivity contribution in [2.75, 3.05) is 5.73 Å². The van der Waals surface area contributed by atoms with Crippen LogP contribution in [0.15, 0.2) is 36.5 Å². The lowest BCUT2D eigenvalue weighted by molar-refractivity contribution is 0.970. The molecule has 17 heavy (non-hydrogen) atoms. The fraction of sp³-hybridized carbons (Fsp3) is 0.143. The molecule has 3 heteroatoms. The van der Waals surface area contributed by atoms with Crippen LogP contribution < -0.4 is 5.73 Å². The maximum atomic E-state index is 5.88. The highest BCUT2D eigenvalue weighted by molar-refractivity contribution is 7.16. The van der Waals surface area contributed by atoms with E-state index >= 15 is 0 Å². The van der Waals surface area contributed by atoms with Crippen molar-refractivity contribution in [2.45, 2.75) is 6.92 Å². The van der Waals surface area contributed by atoms with Crippen molar-refractivity contribution in [2.24, 2.45) is 7.05 Å².